The van der Waals surface area contributed by atoms with Gasteiger partial charge in [-0.15, -0.1) is 11.3 Å². The van der Waals surface area contributed by atoms with Gasteiger partial charge in [0.15, 0.2) is 0 Å². The molecular weight excluding hydrogens is 312 g/mol. The molecule has 0 fully saturated rings. The molecule has 0 bridgehead atoms. The molecule has 0 radical (unpaired) electrons. The number of nitrogens with zero attached hydrogens (tertiary/aromatic N) is 2. The number of rotatable bonds is 4. The van der Waals surface area contributed by atoms with E-state index < -0.39 is 5.54 Å². The van der Waals surface area contributed by atoms with Gasteiger partial charge in [0.1, 0.15) is 17.4 Å². The monoisotopic (exact) mass is 330 g/mol. The van der Waals surface area contributed by atoms with Crippen LogP contribution in [0.4, 0.5) is 0 Å². The summed E-state index contributed by atoms with van der Waals surface area (Å²) < 4.78 is 0. The zero-order chi connectivity index (χ0) is 16.6. The molecule has 0 aliphatic rings. The topological polar surface area (TPSA) is 90.9 Å². The molecule has 0 aliphatic carbocycles. The molecule has 23 heavy (non-hydrogen) atoms. The van der Waals surface area contributed by atoms with Crippen LogP contribution < -0.4 is 5.32 Å². The Balaban J connectivity index is 1.85. The largest absolute Gasteiger partial charge is 0.388 e. The normalized spacial score (nSPS) is 11.8. The van der Waals surface area contributed by atoms with E-state index in [0.717, 1.165) is 21.7 Å². The van der Waals surface area contributed by atoms with Gasteiger partial charge in [-0.25, -0.2) is 9.97 Å². The highest BCUT2D eigenvalue weighted by atomic mass is 32.1. The molecule has 7 heteroatoms. The van der Waals surface area contributed by atoms with Gasteiger partial charge in [0, 0.05) is 16.6 Å². The van der Waals surface area contributed by atoms with E-state index in [-0.39, 0.29) is 12.5 Å². The van der Waals surface area contributed by atoms with Crippen molar-refractivity contribution in [3.05, 3.63) is 45.7 Å². The van der Waals surface area contributed by atoms with Crippen molar-refractivity contribution in [2.75, 3.05) is 0 Å². The zero-order valence-corrected chi connectivity index (χ0v) is 14.0. The van der Waals surface area contributed by atoms with Crippen LogP contribution in [0.1, 0.15) is 40.7 Å². The van der Waals surface area contributed by atoms with Crippen molar-refractivity contribution in [3.63, 3.8) is 0 Å². The predicted octanol–water partition coefficient (Wildman–Crippen LogP) is 2.49. The second kappa shape index (κ2) is 5.75. The Labute approximate surface area is 137 Å². The fourth-order valence-corrected chi connectivity index (χ4v) is 3.21. The number of aliphatic hydroxyl groups is 1. The van der Waals surface area contributed by atoms with Gasteiger partial charge < -0.3 is 15.4 Å². The minimum atomic E-state index is -0.546. The Hall–Kier alpha value is -2.25. The van der Waals surface area contributed by atoms with Crippen molar-refractivity contribution in [1.82, 2.24) is 20.3 Å². The van der Waals surface area contributed by atoms with Gasteiger partial charge in [-0.3, -0.25) is 4.79 Å². The van der Waals surface area contributed by atoms with Crippen molar-refractivity contribution in [2.45, 2.75) is 32.9 Å². The molecule has 3 rings (SSSR count). The molecule has 1 amide bonds. The number of thiazole rings is 1. The van der Waals surface area contributed by atoms with E-state index in [1.165, 1.54) is 11.3 Å². The third-order valence-corrected chi connectivity index (χ3v) is 4.81. The first-order valence-corrected chi connectivity index (χ1v) is 8.11. The van der Waals surface area contributed by atoms with Crippen molar-refractivity contribution >= 4 is 28.3 Å². The van der Waals surface area contributed by atoms with E-state index in [1.807, 2.05) is 26.2 Å². The minimum Gasteiger partial charge on any atom is -0.388 e. The minimum absolute atomic E-state index is 0.160. The molecular formula is C16H18N4O2S. The summed E-state index contributed by atoms with van der Waals surface area (Å²) in [6.07, 6.45) is 0. The maximum absolute atomic E-state index is 12.5. The van der Waals surface area contributed by atoms with Crippen molar-refractivity contribution in [2.24, 2.45) is 0 Å². The van der Waals surface area contributed by atoms with E-state index in [1.54, 1.807) is 18.2 Å². The molecule has 0 saturated heterocycles. The van der Waals surface area contributed by atoms with Crippen LogP contribution in [0, 0.1) is 6.92 Å². The lowest BCUT2D eigenvalue weighted by Crippen LogP contribution is -2.40. The lowest BCUT2D eigenvalue weighted by Gasteiger charge is -2.23. The summed E-state index contributed by atoms with van der Waals surface area (Å²) in [7, 11) is 0. The van der Waals surface area contributed by atoms with Crippen molar-refractivity contribution in [1.29, 1.82) is 0 Å². The highest BCUT2D eigenvalue weighted by molar-refractivity contribution is 7.09. The molecule has 2 heterocycles. The number of aliphatic hydroxyl groups excluding tert-OH is 1. The van der Waals surface area contributed by atoms with Crippen LogP contribution >= 0.6 is 11.3 Å². The van der Waals surface area contributed by atoms with Gasteiger partial charge in [-0.05, 0) is 39.0 Å². The number of amides is 1. The average molecular weight is 330 g/mol. The van der Waals surface area contributed by atoms with Crippen LogP contribution in [-0.4, -0.2) is 26.0 Å². The van der Waals surface area contributed by atoms with Gasteiger partial charge >= 0.3 is 0 Å². The number of aromatic nitrogens is 3. The van der Waals surface area contributed by atoms with Crippen LogP contribution in [0.3, 0.4) is 0 Å². The summed E-state index contributed by atoms with van der Waals surface area (Å²) in [5.41, 5.74) is 2.38. The molecule has 3 N–H and O–H groups in total. The van der Waals surface area contributed by atoms with E-state index in [0.29, 0.717) is 11.4 Å². The molecule has 0 saturated carbocycles. The first-order chi connectivity index (χ1) is 10.9. The summed E-state index contributed by atoms with van der Waals surface area (Å²) in [4.78, 5) is 24.2. The summed E-state index contributed by atoms with van der Waals surface area (Å²) in [5.74, 6) is 0.307. The van der Waals surface area contributed by atoms with E-state index in [2.05, 4.69) is 20.3 Å². The van der Waals surface area contributed by atoms with Crippen LogP contribution in [0.2, 0.25) is 0 Å². The lowest BCUT2D eigenvalue weighted by molar-refractivity contribution is 0.0912. The van der Waals surface area contributed by atoms with Gasteiger partial charge in [0.05, 0.1) is 16.6 Å². The number of H-pyrrole nitrogens is 1. The Bertz CT molecular complexity index is 866. The number of benzene rings is 1. The van der Waals surface area contributed by atoms with Crippen molar-refractivity contribution in [3.8, 4) is 0 Å². The molecule has 1 aromatic carbocycles. The standard InChI is InChI=1S/C16H18N4O2S/c1-9-8-23-15(17-9)16(2,3)20-14(22)10-4-5-11-12(6-10)19-13(7-21)18-11/h4-6,8,21H,7H2,1-3H3,(H,18,19)(H,20,22). The first-order valence-electron chi connectivity index (χ1n) is 7.23. The number of hydrogen-bond donors (Lipinski definition) is 3. The van der Waals surface area contributed by atoms with E-state index >= 15 is 0 Å². The summed E-state index contributed by atoms with van der Waals surface area (Å²) in [6.45, 7) is 5.64. The fourth-order valence-electron chi connectivity index (χ4n) is 2.33. The lowest BCUT2D eigenvalue weighted by atomic mass is 10.1. The highest BCUT2D eigenvalue weighted by Gasteiger charge is 2.26. The average Bonchev–Trinajstić information content (AvgIpc) is 3.11. The van der Waals surface area contributed by atoms with Gasteiger partial charge in [-0.2, -0.15) is 0 Å². The number of aryl methyl sites for hydroxylation is 1. The number of aromatic amines is 1. The van der Waals surface area contributed by atoms with Crippen LogP contribution in [0.15, 0.2) is 23.6 Å². The molecule has 3 aromatic rings. The Morgan fingerprint density at radius 2 is 2.17 bits per heavy atom. The number of imidazole rings is 1. The van der Waals surface area contributed by atoms with Gasteiger partial charge in [-0.1, -0.05) is 0 Å². The Morgan fingerprint density at radius 3 is 2.83 bits per heavy atom. The van der Waals surface area contributed by atoms with E-state index in [9.17, 15) is 4.79 Å². The number of fused-ring (bicyclic) bond motifs is 1. The fraction of sp³-hybridized carbons (Fsp3) is 0.312. The predicted molar refractivity (Wildman–Crippen MR) is 89.4 cm³/mol. The molecule has 120 valence electrons. The summed E-state index contributed by atoms with van der Waals surface area (Å²) in [6, 6.07) is 5.23. The number of hydrogen-bond acceptors (Lipinski definition) is 5. The molecule has 0 spiro atoms. The molecule has 0 unspecified atom stereocenters. The Morgan fingerprint density at radius 1 is 1.39 bits per heavy atom. The van der Waals surface area contributed by atoms with Crippen LogP contribution in [0.25, 0.3) is 11.0 Å². The number of nitrogens with one attached hydrogen (secondary N) is 2. The summed E-state index contributed by atoms with van der Waals surface area (Å²) >= 11 is 1.53. The number of carbonyl (C=O) groups is 1. The number of carbonyl (C=O) groups excluding carboxylic acids is 1. The highest BCUT2D eigenvalue weighted by Crippen LogP contribution is 2.24. The third-order valence-electron chi connectivity index (χ3n) is 3.52. The molecule has 0 atom stereocenters. The molecule has 0 aliphatic heterocycles. The first kappa shape index (κ1) is 15.6. The van der Waals surface area contributed by atoms with Crippen LogP contribution in [0.5, 0.6) is 0 Å². The molecule has 6 nitrogen and oxygen atoms in total. The second-order valence-corrected chi connectivity index (χ2v) is 6.80. The molecule has 2 aromatic heterocycles. The van der Waals surface area contributed by atoms with Crippen molar-refractivity contribution < 1.29 is 9.90 Å². The maximum Gasteiger partial charge on any atom is 0.252 e. The third kappa shape index (κ3) is 3.11. The van der Waals surface area contributed by atoms with Gasteiger partial charge in [0.25, 0.3) is 5.91 Å². The SMILES string of the molecule is Cc1csc(C(C)(C)NC(=O)c2ccc3nc(CO)[nH]c3c2)n1. The quantitative estimate of drug-likeness (QED) is 0.685. The van der Waals surface area contributed by atoms with Crippen LogP contribution in [-0.2, 0) is 12.1 Å². The second-order valence-electron chi connectivity index (χ2n) is 5.95. The zero-order valence-electron chi connectivity index (χ0n) is 13.2. The smallest absolute Gasteiger partial charge is 0.252 e. The van der Waals surface area contributed by atoms with Gasteiger partial charge in [0.2, 0.25) is 0 Å². The summed E-state index contributed by atoms with van der Waals surface area (Å²) in [5, 5.41) is 15.0. The Kier molecular flexibility index (Phi) is 3.91. The maximum atomic E-state index is 12.5. The van der Waals surface area contributed by atoms with E-state index in [4.69, 9.17) is 5.11 Å².